The van der Waals surface area contributed by atoms with Crippen molar-refractivity contribution in [3.63, 3.8) is 0 Å². The topological polar surface area (TPSA) is 58.6 Å². The van der Waals surface area contributed by atoms with Crippen LogP contribution in [-0.4, -0.2) is 17.6 Å². The van der Waals surface area contributed by atoms with Crippen molar-refractivity contribution in [1.29, 1.82) is 0 Å². The zero-order valence-corrected chi connectivity index (χ0v) is 12.6. The van der Waals surface area contributed by atoms with Crippen molar-refractivity contribution >= 4 is 17.5 Å². The lowest BCUT2D eigenvalue weighted by Gasteiger charge is -2.12. The molecule has 1 heterocycles. The van der Waals surface area contributed by atoms with E-state index < -0.39 is 6.10 Å². The Morgan fingerprint density at radius 2 is 1.91 bits per heavy atom. The van der Waals surface area contributed by atoms with Gasteiger partial charge in [-0.25, -0.2) is 0 Å². The van der Waals surface area contributed by atoms with E-state index in [1.165, 1.54) is 0 Å². The van der Waals surface area contributed by atoms with Crippen LogP contribution in [0.25, 0.3) is 0 Å². The highest BCUT2D eigenvalue weighted by molar-refractivity contribution is 6.30. The minimum absolute atomic E-state index is 0.147. The van der Waals surface area contributed by atoms with Crippen molar-refractivity contribution in [1.82, 2.24) is 5.32 Å². The van der Waals surface area contributed by atoms with E-state index in [1.807, 2.05) is 12.1 Å². The maximum Gasteiger partial charge on any atom is 0.251 e. The Balaban J connectivity index is 1.61. The molecule has 2 N–H and O–H groups in total. The number of aliphatic hydroxyl groups is 1. The molecule has 0 fully saturated rings. The summed E-state index contributed by atoms with van der Waals surface area (Å²) in [6.07, 6.45) is -0.765. The van der Waals surface area contributed by atoms with Crippen LogP contribution in [0.3, 0.4) is 0 Å². The Kier molecular flexibility index (Phi) is 4.43. The zero-order valence-electron chi connectivity index (χ0n) is 11.9. The number of amides is 1. The lowest BCUT2D eigenvalue weighted by atomic mass is 10.1. The molecule has 0 aliphatic carbocycles. The zero-order chi connectivity index (χ0) is 15.5. The fraction of sp³-hybridized carbons (Fsp3) is 0.235. The number of benzene rings is 2. The second-order valence-corrected chi connectivity index (χ2v) is 5.69. The third kappa shape index (κ3) is 3.30. The number of ether oxygens (including phenoxy) is 1. The van der Waals surface area contributed by atoms with Gasteiger partial charge < -0.3 is 15.2 Å². The smallest absolute Gasteiger partial charge is 0.251 e. The fourth-order valence-corrected chi connectivity index (χ4v) is 2.53. The summed E-state index contributed by atoms with van der Waals surface area (Å²) in [5, 5.41) is 13.4. The van der Waals surface area contributed by atoms with Crippen LogP contribution in [-0.2, 0) is 18.0 Å². The van der Waals surface area contributed by atoms with E-state index in [4.69, 9.17) is 16.3 Å². The quantitative estimate of drug-likeness (QED) is 0.911. The average Bonchev–Trinajstić information content (AvgIpc) is 3.00. The molecule has 0 radical (unpaired) electrons. The highest BCUT2D eigenvalue weighted by Gasteiger charge is 2.15. The molecule has 0 aromatic heterocycles. The number of nitrogens with one attached hydrogen (secondary N) is 1. The molecule has 5 heteroatoms. The van der Waals surface area contributed by atoms with Gasteiger partial charge in [-0.1, -0.05) is 29.8 Å². The second kappa shape index (κ2) is 6.48. The maximum atomic E-state index is 12.2. The van der Waals surface area contributed by atoms with E-state index in [0.29, 0.717) is 29.4 Å². The van der Waals surface area contributed by atoms with Crippen molar-refractivity contribution in [2.24, 2.45) is 0 Å². The van der Waals surface area contributed by atoms with E-state index in [1.54, 1.807) is 30.3 Å². The lowest BCUT2D eigenvalue weighted by Crippen LogP contribution is -2.28. The van der Waals surface area contributed by atoms with Crippen LogP contribution >= 0.6 is 11.6 Å². The van der Waals surface area contributed by atoms with Crippen molar-refractivity contribution in [2.75, 3.05) is 6.54 Å². The summed E-state index contributed by atoms with van der Waals surface area (Å²) in [6.45, 7) is 1.30. The molecule has 22 heavy (non-hydrogen) atoms. The molecule has 1 amide bonds. The van der Waals surface area contributed by atoms with E-state index in [0.717, 1.165) is 11.1 Å². The molecule has 0 spiro atoms. The van der Waals surface area contributed by atoms with Crippen molar-refractivity contribution in [2.45, 2.75) is 19.3 Å². The number of hydrogen-bond donors (Lipinski definition) is 2. The third-order valence-corrected chi connectivity index (χ3v) is 3.95. The summed E-state index contributed by atoms with van der Waals surface area (Å²) in [5.74, 6) is -0.206. The van der Waals surface area contributed by atoms with Crippen LogP contribution in [0.15, 0.2) is 42.5 Å². The van der Waals surface area contributed by atoms with Gasteiger partial charge in [-0.3, -0.25) is 4.79 Å². The SMILES string of the molecule is O=C(NC[C@@H](O)c1ccc(Cl)cc1)c1ccc2c(c1)COC2. The maximum absolute atomic E-state index is 12.2. The van der Waals surface area contributed by atoms with Crippen LogP contribution in [0.2, 0.25) is 5.02 Å². The highest BCUT2D eigenvalue weighted by atomic mass is 35.5. The van der Waals surface area contributed by atoms with Gasteiger partial charge in [0.2, 0.25) is 0 Å². The van der Waals surface area contributed by atoms with E-state index in [9.17, 15) is 9.90 Å². The summed E-state index contributed by atoms with van der Waals surface area (Å²) < 4.78 is 5.33. The van der Waals surface area contributed by atoms with Crippen LogP contribution in [0, 0.1) is 0 Å². The summed E-state index contributed by atoms with van der Waals surface area (Å²) in [4.78, 5) is 12.2. The molecule has 4 nitrogen and oxygen atoms in total. The number of hydrogen-bond acceptors (Lipinski definition) is 3. The fourth-order valence-electron chi connectivity index (χ4n) is 2.41. The number of halogens is 1. The summed E-state index contributed by atoms with van der Waals surface area (Å²) >= 11 is 5.81. The average molecular weight is 318 g/mol. The Bertz CT molecular complexity index is 685. The van der Waals surface area contributed by atoms with Crippen molar-refractivity contribution in [3.05, 3.63) is 69.7 Å². The second-order valence-electron chi connectivity index (χ2n) is 5.25. The van der Waals surface area contributed by atoms with Gasteiger partial charge in [0.05, 0.1) is 19.3 Å². The molecule has 0 saturated heterocycles. The monoisotopic (exact) mass is 317 g/mol. The lowest BCUT2D eigenvalue weighted by molar-refractivity contribution is 0.0916. The van der Waals surface area contributed by atoms with Crippen LogP contribution in [0.4, 0.5) is 0 Å². The largest absolute Gasteiger partial charge is 0.387 e. The van der Waals surface area contributed by atoms with E-state index >= 15 is 0 Å². The first kappa shape index (κ1) is 15.0. The van der Waals surface area contributed by atoms with Crippen LogP contribution < -0.4 is 5.32 Å². The predicted molar refractivity (Wildman–Crippen MR) is 83.7 cm³/mol. The Morgan fingerprint density at radius 1 is 1.18 bits per heavy atom. The number of rotatable bonds is 4. The van der Waals surface area contributed by atoms with E-state index in [-0.39, 0.29) is 12.5 Å². The first-order chi connectivity index (χ1) is 10.6. The van der Waals surface area contributed by atoms with Gasteiger partial charge >= 0.3 is 0 Å². The number of aliphatic hydroxyl groups excluding tert-OH is 1. The molecular formula is C17H16ClNO3. The molecule has 0 bridgehead atoms. The first-order valence-corrected chi connectivity index (χ1v) is 7.42. The molecule has 1 atom stereocenters. The molecular weight excluding hydrogens is 302 g/mol. The highest BCUT2D eigenvalue weighted by Crippen LogP contribution is 2.21. The summed E-state index contributed by atoms with van der Waals surface area (Å²) in [6, 6.07) is 12.4. The molecule has 1 aliphatic rings. The van der Waals surface area contributed by atoms with Gasteiger partial charge in [-0.05, 0) is 41.0 Å². The molecule has 0 saturated carbocycles. The Hall–Kier alpha value is -1.88. The molecule has 0 unspecified atom stereocenters. The first-order valence-electron chi connectivity index (χ1n) is 7.05. The molecule has 114 valence electrons. The van der Waals surface area contributed by atoms with E-state index in [2.05, 4.69) is 5.32 Å². The molecule has 3 rings (SSSR count). The van der Waals surface area contributed by atoms with Crippen molar-refractivity contribution in [3.8, 4) is 0 Å². The summed E-state index contributed by atoms with van der Waals surface area (Å²) in [7, 11) is 0. The van der Waals surface area contributed by atoms with Gasteiger partial charge in [0, 0.05) is 17.1 Å². The van der Waals surface area contributed by atoms with Crippen molar-refractivity contribution < 1.29 is 14.6 Å². The van der Waals surface area contributed by atoms with Gasteiger partial charge in [0.15, 0.2) is 0 Å². The molecule has 1 aliphatic heterocycles. The standard InChI is InChI=1S/C17H16ClNO3/c18-15-5-3-11(4-6-15)16(20)8-19-17(21)12-1-2-13-9-22-10-14(13)7-12/h1-7,16,20H,8-10H2,(H,19,21)/t16-/m1/s1. The Labute approximate surface area is 133 Å². The third-order valence-electron chi connectivity index (χ3n) is 3.69. The van der Waals surface area contributed by atoms with Crippen LogP contribution in [0.1, 0.15) is 33.2 Å². The van der Waals surface area contributed by atoms with Gasteiger partial charge in [-0.2, -0.15) is 0 Å². The molecule has 2 aromatic carbocycles. The van der Waals surface area contributed by atoms with Gasteiger partial charge in [-0.15, -0.1) is 0 Å². The number of fused-ring (bicyclic) bond motifs is 1. The summed E-state index contributed by atoms with van der Waals surface area (Å²) in [5.41, 5.74) is 3.46. The van der Waals surface area contributed by atoms with Crippen LogP contribution in [0.5, 0.6) is 0 Å². The number of carbonyl (C=O) groups excluding carboxylic acids is 1. The van der Waals surface area contributed by atoms with Gasteiger partial charge in [0.25, 0.3) is 5.91 Å². The molecule has 2 aromatic rings. The Morgan fingerprint density at radius 3 is 2.68 bits per heavy atom. The predicted octanol–water partition coefficient (Wildman–Crippen LogP) is 2.83. The minimum atomic E-state index is -0.765. The number of carbonyl (C=O) groups is 1. The normalized spacial score (nSPS) is 14.5. The van der Waals surface area contributed by atoms with Gasteiger partial charge in [0.1, 0.15) is 0 Å². The minimum Gasteiger partial charge on any atom is -0.387 e.